The average Bonchev–Trinajstić information content (AvgIpc) is 2.01. The van der Waals surface area contributed by atoms with Crippen LogP contribution in [0.25, 0.3) is 0 Å². The van der Waals surface area contributed by atoms with Crippen LogP contribution >= 0.6 is 0 Å². The summed E-state index contributed by atoms with van der Waals surface area (Å²) in [6.45, 7) is 2.33. The van der Waals surface area contributed by atoms with Gasteiger partial charge >= 0.3 is 5.96 Å². The van der Waals surface area contributed by atoms with Gasteiger partial charge in [-0.05, 0) is 0 Å². The fourth-order valence-electron chi connectivity index (χ4n) is 1.43. The van der Waals surface area contributed by atoms with Gasteiger partial charge in [-0.1, -0.05) is 0 Å². The number of hydrogen-bond donors (Lipinski definition) is 1. The number of guanidine groups is 1. The Labute approximate surface area is 91.0 Å². The van der Waals surface area contributed by atoms with Gasteiger partial charge in [0.25, 0.3) is 0 Å². The van der Waals surface area contributed by atoms with Gasteiger partial charge < -0.3 is 0 Å². The third-order valence-corrected chi connectivity index (χ3v) is 1.93. The van der Waals surface area contributed by atoms with Crippen LogP contribution in [-0.4, -0.2) is 49.7 Å². The van der Waals surface area contributed by atoms with Gasteiger partial charge in [-0.3, -0.25) is 14.8 Å². The SMILES string of the molecule is CNC1=[N+](C)CCCN1C.[O-][Cl+3]([O-])([O-])[O-]. The van der Waals surface area contributed by atoms with Gasteiger partial charge in [-0.15, -0.1) is 10.2 Å². The molecule has 0 aliphatic carbocycles. The van der Waals surface area contributed by atoms with Gasteiger partial charge in [-0.25, -0.2) is 18.6 Å². The zero-order valence-electron chi connectivity index (χ0n) is 9.03. The highest BCUT2D eigenvalue weighted by atomic mass is 35.7. The summed E-state index contributed by atoms with van der Waals surface area (Å²) in [5.41, 5.74) is 0. The van der Waals surface area contributed by atoms with Crippen molar-refractivity contribution in [3.05, 3.63) is 0 Å². The van der Waals surface area contributed by atoms with Crippen LogP contribution in [0.4, 0.5) is 0 Å². The van der Waals surface area contributed by atoms with Gasteiger partial charge in [0.2, 0.25) is 0 Å². The minimum Gasteiger partial charge on any atom is -0.281 e. The Morgan fingerprint density at radius 1 is 1.33 bits per heavy atom. The van der Waals surface area contributed by atoms with Crippen molar-refractivity contribution in [1.29, 1.82) is 0 Å². The normalized spacial score (nSPS) is 17.1. The predicted molar refractivity (Wildman–Crippen MR) is 42.4 cm³/mol. The van der Waals surface area contributed by atoms with E-state index in [1.54, 1.807) is 0 Å². The van der Waals surface area contributed by atoms with Crippen LogP contribution in [0.3, 0.4) is 0 Å². The van der Waals surface area contributed by atoms with Crippen molar-refractivity contribution in [3.8, 4) is 0 Å². The molecule has 1 aliphatic heterocycles. The Morgan fingerprint density at radius 3 is 2.07 bits per heavy atom. The smallest absolute Gasteiger partial charge is 0.281 e. The first-order chi connectivity index (χ1) is 6.75. The molecule has 1 heterocycles. The average molecular weight is 242 g/mol. The molecule has 0 aromatic carbocycles. The standard InChI is InChI=1S/C7H15N3.ClHO4/c1-8-7-9(2)5-4-6-10(7)3;2-1(3,4)5/h4-6H2,1-3H3;(H,2,3,4,5). The largest absolute Gasteiger partial charge is 0.347 e. The van der Waals surface area contributed by atoms with E-state index < -0.39 is 10.2 Å². The Balaban J connectivity index is 0.000000336. The molecule has 0 aromatic heterocycles. The summed E-state index contributed by atoms with van der Waals surface area (Å²) in [5.74, 6) is 1.23. The first-order valence-corrected chi connectivity index (χ1v) is 5.58. The number of rotatable bonds is 0. The summed E-state index contributed by atoms with van der Waals surface area (Å²) in [4.78, 5) is 2.24. The second-order valence-corrected chi connectivity index (χ2v) is 3.90. The van der Waals surface area contributed by atoms with Crippen molar-refractivity contribution in [1.82, 2.24) is 10.2 Å². The van der Waals surface area contributed by atoms with Crippen molar-refractivity contribution in [2.24, 2.45) is 0 Å². The minimum atomic E-state index is -4.94. The highest BCUT2D eigenvalue weighted by Crippen LogP contribution is 1.95. The number of nitrogens with zero attached hydrogens (tertiary/aromatic N) is 2. The lowest BCUT2D eigenvalue weighted by molar-refractivity contribution is -2.00. The van der Waals surface area contributed by atoms with E-state index >= 15 is 0 Å². The lowest BCUT2D eigenvalue weighted by atomic mass is 10.3. The maximum absolute atomic E-state index is 8.49. The molecule has 1 rings (SSSR count). The third kappa shape index (κ3) is 7.34. The van der Waals surface area contributed by atoms with E-state index in [4.69, 9.17) is 18.6 Å². The lowest BCUT2D eigenvalue weighted by Gasteiger charge is -2.21. The fourth-order valence-corrected chi connectivity index (χ4v) is 1.43. The number of hydrogen-bond acceptors (Lipinski definition) is 6. The van der Waals surface area contributed by atoms with Gasteiger partial charge in [0.15, 0.2) is 0 Å². The quantitative estimate of drug-likeness (QED) is 0.425. The molecule has 0 atom stereocenters. The molecule has 15 heavy (non-hydrogen) atoms. The molecule has 1 N–H and O–H groups in total. The van der Waals surface area contributed by atoms with Crippen molar-refractivity contribution in [2.75, 3.05) is 34.2 Å². The van der Waals surface area contributed by atoms with Crippen molar-refractivity contribution in [2.45, 2.75) is 6.42 Å². The van der Waals surface area contributed by atoms with Crippen LogP contribution in [-0.2, 0) is 0 Å². The Hall–Kier alpha value is -0.600. The molecule has 0 bridgehead atoms. The molecule has 0 spiro atoms. The van der Waals surface area contributed by atoms with Gasteiger partial charge in [0, 0.05) is 6.42 Å². The predicted octanol–water partition coefficient (Wildman–Crippen LogP) is -5.22. The van der Waals surface area contributed by atoms with Crippen LogP contribution in [0.15, 0.2) is 0 Å². The van der Waals surface area contributed by atoms with E-state index in [1.165, 1.54) is 25.5 Å². The van der Waals surface area contributed by atoms with Crippen LogP contribution in [0.5, 0.6) is 0 Å². The summed E-state index contributed by atoms with van der Waals surface area (Å²) < 4.78 is 36.2. The van der Waals surface area contributed by atoms with E-state index in [-0.39, 0.29) is 0 Å². The lowest BCUT2D eigenvalue weighted by Crippen LogP contribution is -2.68. The van der Waals surface area contributed by atoms with E-state index in [0.717, 1.165) is 0 Å². The van der Waals surface area contributed by atoms with Crippen LogP contribution in [0.2, 0.25) is 0 Å². The summed E-state index contributed by atoms with van der Waals surface area (Å²) in [7, 11) is 1.25. The van der Waals surface area contributed by atoms with Gasteiger partial charge in [-0.2, -0.15) is 0 Å². The molecular formula is C7H16ClN3O4. The minimum absolute atomic E-state index is 1.17. The molecule has 0 amide bonds. The Bertz CT molecular complexity index is 223. The van der Waals surface area contributed by atoms with Crippen LogP contribution in [0.1, 0.15) is 6.42 Å². The van der Waals surface area contributed by atoms with Gasteiger partial charge in [0.05, 0.1) is 34.2 Å². The van der Waals surface area contributed by atoms with E-state index in [9.17, 15) is 0 Å². The molecule has 0 radical (unpaired) electrons. The second-order valence-electron chi connectivity index (χ2n) is 3.15. The molecule has 1 aliphatic rings. The Kier molecular flexibility index (Phi) is 5.84. The van der Waals surface area contributed by atoms with Crippen LogP contribution in [0, 0.1) is 10.2 Å². The topological polar surface area (TPSA) is 111 Å². The molecule has 7 nitrogen and oxygen atoms in total. The summed E-state index contributed by atoms with van der Waals surface area (Å²) in [5, 5.41) is 3.17. The molecule has 8 heteroatoms. The van der Waals surface area contributed by atoms with Gasteiger partial charge in [0.1, 0.15) is 0 Å². The molecule has 0 unspecified atom stereocenters. The van der Waals surface area contributed by atoms with Crippen molar-refractivity contribution in [3.63, 3.8) is 0 Å². The summed E-state index contributed by atoms with van der Waals surface area (Å²) in [6, 6.07) is 0. The molecule has 0 fully saturated rings. The summed E-state index contributed by atoms with van der Waals surface area (Å²) >= 11 is 0. The maximum atomic E-state index is 8.49. The first-order valence-electron chi connectivity index (χ1n) is 4.34. The number of halogens is 1. The van der Waals surface area contributed by atoms with Crippen LogP contribution < -0.4 is 24.0 Å². The van der Waals surface area contributed by atoms with Crippen molar-refractivity contribution < 1.29 is 33.5 Å². The Morgan fingerprint density at radius 2 is 1.80 bits per heavy atom. The fraction of sp³-hybridized carbons (Fsp3) is 0.857. The molecule has 0 saturated heterocycles. The first kappa shape index (κ1) is 14.4. The van der Waals surface area contributed by atoms with E-state index in [2.05, 4.69) is 28.9 Å². The second kappa shape index (κ2) is 6.09. The highest BCUT2D eigenvalue weighted by Gasteiger charge is 2.18. The zero-order valence-corrected chi connectivity index (χ0v) is 9.78. The molecule has 90 valence electrons. The number of nitrogens with one attached hydrogen (secondary N) is 1. The van der Waals surface area contributed by atoms with E-state index in [0.29, 0.717) is 0 Å². The zero-order chi connectivity index (χ0) is 12.1. The third-order valence-electron chi connectivity index (χ3n) is 1.93. The molecule has 0 saturated carbocycles. The monoisotopic (exact) mass is 241 g/mol. The maximum Gasteiger partial charge on any atom is 0.347 e. The van der Waals surface area contributed by atoms with Crippen molar-refractivity contribution >= 4 is 5.96 Å². The molecule has 0 aromatic rings. The highest BCUT2D eigenvalue weighted by molar-refractivity contribution is 5.74. The molecular weight excluding hydrogens is 226 g/mol. The van der Waals surface area contributed by atoms with E-state index in [1.807, 2.05) is 7.05 Å². The summed E-state index contributed by atoms with van der Waals surface area (Å²) in [6.07, 6.45) is 1.26.